The second-order valence-corrected chi connectivity index (χ2v) is 14.1. The molecular weight excluding hydrogens is 747 g/mol. The number of carboxylic acids is 2. The van der Waals surface area contributed by atoms with Crippen molar-refractivity contribution in [2.75, 3.05) is 24.3 Å². The number of phenols is 1. The summed E-state index contributed by atoms with van der Waals surface area (Å²) in [7, 11) is 0. The van der Waals surface area contributed by atoms with Crippen molar-refractivity contribution in [1.29, 1.82) is 5.41 Å². The van der Waals surface area contributed by atoms with Gasteiger partial charge in [0.2, 0.25) is 29.5 Å². The number of carbonyl (C=O) groups excluding carboxylic acids is 5. The van der Waals surface area contributed by atoms with E-state index in [2.05, 4.69) is 44.5 Å². The molecule has 5 amide bonds. The molecule has 1 aromatic carbocycles. The number of nitrogens with two attached hydrogens (primary N) is 2. The molecule has 0 bridgehead atoms. The number of carbonyl (C=O) groups is 7. The molecule has 19 nitrogen and oxygen atoms in total. The van der Waals surface area contributed by atoms with Crippen molar-refractivity contribution in [3.8, 4) is 5.75 Å². The van der Waals surface area contributed by atoms with E-state index in [1.807, 2.05) is 6.26 Å². The molecule has 0 aliphatic rings. The molecule has 0 saturated carbocycles. The van der Waals surface area contributed by atoms with E-state index in [-0.39, 0.29) is 55.6 Å². The van der Waals surface area contributed by atoms with E-state index in [9.17, 15) is 48.9 Å². The van der Waals surface area contributed by atoms with E-state index in [1.165, 1.54) is 36.0 Å². The third-order valence-electron chi connectivity index (χ3n) is 7.75. The van der Waals surface area contributed by atoms with Gasteiger partial charge in [-0.15, -0.1) is 0 Å². The highest BCUT2D eigenvalue weighted by molar-refractivity contribution is 7.98. The number of benzene rings is 1. The number of aliphatic carboxylic acids is 2. The molecule has 6 atom stereocenters. The summed E-state index contributed by atoms with van der Waals surface area (Å²) in [5.74, 6) is -7.37. The van der Waals surface area contributed by atoms with Crippen LogP contribution in [0.4, 0.5) is 0 Å². The lowest BCUT2D eigenvalue weighted by molar-refractivity contribution is -0.142. The maximum atomic E-state index is 13.7. The van der Waals surface area contributed by atoms with E-state index >= 15 is 0 Å². The summed E-state index contributed by atoms with van der Waals surface area (Å²) < 4.78 is 0. The summed E-state index contributed by atoms with van der Waals surface area (Å²) in [6.45, 7) is 3.63. The molecule has 0 aromatic heterocycles. The average Bonchev–Trinajstić information content (AvgIpc) is 3.09. The first-order chi connectivity index (χ1) is 25.4. The van der Waals surface area contributed by atoms with Gasteiger partial charge in [-0.05, 0) is 61.3 Å². The van der Waals surface area contributed by atoms with Crippen LogP contribution in [0.3, 0.4) is 0 Å². The third kappa shape index (κ3) is 18.3. The van der Waals surface area contributed by atoms with Crippen molar-refractivity contribution in [3.05, 3.63) is 29.8 Å². The fourth-order valence-corrected chi connectivity index (χ4v) is 5.64. The molecule has 0 radical (unpaired) electrons. The molecular formula is C33H53N9O10S2. The maximum Gasteiger partial charge on any atom is 0.326 e. The zero-order valence-corrected chi connectivity index (χ0v) is 32.1. The maximum absolute atomic E-state index is 13.7. The molecule has 0 heterocycles. The van der Waals surface area contributed by atoms with Crippen LogP contribution < -0.4 is 43.4 Å². The third-order valence-corrected chi connectivity index (χ3v) is 8.75. The van der Waals surface area contributed by atoms with Crippen LogP contribution in [0.15, 0.2) is 24.3 Å². The number of hydrogen-bond donors (Lipinski definition) is 13. The van der Waals surface area contributed by atoms with E-state index in [4.69, 9.17) is 16.9 Å². The first-order valence-corrected chi connectivity index (χ1v) is 19.1. The van der Waals surface area contributed by atoms with Crippen molar-refractivity contribution < 1.29 is 48.9 Å². The Bertz CT molecular complexity index is 1450. The Morgan fingerprint density at radius 3 is 1.85 bits per heavy atom. The minimum absolute atomic E-state index is 0.0298. The van der Waals surface area contributed by atoms with Gasteiger partial charge in [0.1, 0.15) is 36.0 Å². The van der Waals surface area contributed by atoms with Crippen LogP contribution >= 0.6 is 24.4 Å². The molecule has 1 aromatic rings. The van der Waals surface area contributed by atoms with Crippen LogP contribution in [-0.4, -0.2) is 123 Å². The molecule has 0 fully saturated rings. The number of carboxylic acid groups (broad SMARTS) is 2. The van der Waals surface area contributed by atoms with Crippen LogP contribution in [0.1, 0.15) is 51.5 Å². The molecule has 0 saturated heterocycles. The van der Waals surface area contributed by atoms with Crippen LogP contribution in [0.25, 0.3) is 0 Å². The second-order valence-electron chi connectivity index (χ2n) is 12.8. The minimum atomic E-state index is -1.73. The lowest BCUT2D eigenvalue weighted by Gasteiger charge is -2.27. The highest BCUT2D eigenvalue weighted by Crippen LogP contribution is 2.13. The summed E-state index contributed by atoms with van der Waals surface area (Å²) in [6.07, 6.45) is 1.21. The fraction of sp³-hybridized carbons (Fsp3) is 0.576. The Hall–Kier alpha value is -4.76. The number of hydrogen-bond acceptors (Lipinski definition) is 12. The Morgan fingerprint density at radius 1 is 0.796 bits per heavy atom. The van der Waals surface area contributed by atoms with Gasteiger partial charge in [-0.3, -0.25) is 34.2 Å². The van der Waals surface area contributed by atoms with E-state index in [0.717, 1.165) is 0 Å². The van der Waals surface area contributed by atoms with Gasteiger partial charge in [0.15, 0.2) is 5.96 Å². The average molecular weight is 800 g/mol. The quantitative estimate of drug-likeness (QED) is 0.0226. The van der Waals surface area contributed by atoms with Crippen molar-refractivity contribution in [3.63, 3.8) is 0 Å². The predicted octanol–water partition coefficient (Wildman–Crippen LogP) is -1.76. The molecule has 21 heteroatoms. The Labute approximate surface area is 323 Å². The number of guanidine groups is 1. The molecule has 302 valence electrons. The molecule has 14 N–H and O–H groups in total. The second kappa shape index (κ2) is 24.5. The lowest BCUT2D eigenvalue weighted by Crippen LogP contribution is -2.60. The Kier molecular flexibility index (Phi) is 21.5. The largest absolute Gasteiger partial charge is 0.508 e. The monoisotopic (exact) mass is 799 g/mol. The van der Waals surface area contributed by atoms with Gasteiger partial charge >= 0.3 is 11.9 Å². The summed E-state index contributed by atoms with van der Waals surface area (Å²) >= 11 is 5.57. The molecule has 54 heavy (non-hydrogen) atoms. The SMILES string of the molecule is CSCC[C@H](N)C(=O)N[C@@H](CS)C(=O)N[C@@H](CC(=O)O)C(=O)N[C@@H](CCCNC(=N)N)C(=O)N[C@@H](CC(C)C)C(=O)N[C@@H](Cc1ccc(O)cc1)C(=O)O. The molecule has 0 spiro atoms. The van der Waals surface area contributed by atoms with Gasteiger partial charge in [0.25, 0.3) is 0 Å². The van der Waals surface area contributed by atoms with Crippen molar-refractivity contribution in [1.82, 2.24) is 31.9 Å². The summed E-state index contributed by atoms with van der Waals surface area (Å²) in [4.78, 5) is 90.1. The van der Waals surface area contributed by atoms with E-state index in [1.54, 1.807) is 13.8 Å². The zero-order chi connectivity index (χ0) is 41.0. The molecule has 0 aliphatic heterocycles. The summed E-state index contributed by atoms with van der Waals surface area (Å²) in [6, 6.07) is -2.31. The van der Waals surface area contributed by atoms with Crippen LogP contribution in [0.2, 0.25) is 0 Å². The zero-order valence-electron chi connectivity index (χ0n) is 30.4. The first kappa shape index (κ1) is 47.3. The number of thiol groups is 1. The number of aromatic hydroxyl groups is 1. The summed E-state index contributed by atoms with van der Waals surface area (Å²) in [5, 5.41) is 51.0. The predicted molar refractivity (Wildman–Crippen MR) is 205 cm³/mol. The smallest absolute Gasteiger partial charge is 0.326 e. The van der Waals surface area contributed by atoms with Crippen molar-refractivity contribution >= 4 is 71.8 Å². The topological polar surface area (TPSA) is 328 Å². The van der Waals surface area contributed by atoms with E-state index in [0.29, 0.717) is 17.7 Å². The highest BCUT2D eigenvalue weighted by Gasteiger charge is 2.33. The Balaban J connectivity index is 3.26. The van der Waals surface area contributed by atoms with Crippen LogP contribution in [0, 0.1) is 11.3 Å². The standard InChI is InChI=1S/C33H53N9O10S2/c1-17(2)13-22(29(48)41-24(32(51)52)14-18-6-8-19(43)9-7-18)39-28(47)21(5-4-11-37-33(35)36)38-30(49)23(15-26(44)45)40-31(50)25(16-53)42-27(46)20(34)10-12-54-3/h6-9,17,20-25,43,53H,4-5,10-16,34H2,1-3H3,(H,38,49)(H,39,47)(H,40,50)(H,41,48)(H,42,46)(H,44,45)(H,51,52)(H4,35,36,37)/t20-,21-,22-,23-,24-,25-/m0/s1. The van der Waals surface area contributed by atoms with E-state index < -0.39 is 84.1 Å². The van der Waals surface area contributed by atoms with Crippen molar-refractivity contribution in [2.45, 2.75) is 88.6 Å². The van der Waals surface area contributed by atoms with Gasteiger partial charge in [-0.2, -0.15) is 24.4 Å². The Morgan fingerprint density at radius 2 is 1.31 bits per heavy atom. The number of phenolic OH excluding ortho intramolecular Hbond substituents is 1. The van der Waals surface area contributed by atoms with Gasteiger partial charge in [0, 0.05) is 18.7 Å². The van der Waals surface area contributed by atoms with Crippen LogP contribution in [-0.2, 0) is 40.0 Å². The fourth-order valence-electron chi connectivity index (χ4n) is 4.89. The number of amides is 5. The molecule has 0 aliphatic carbocycles. The molecule has 1 rings (SSSR count). The minimum Gasteiger partial charge on any atom is -0.508 e. The normalized spacial score (nSPS) is 14.3. The number of nitrogens with one attached hydrogen (secondary N) is 7. The number of thioether (sulfide) groups is 1. The van der Waals surface area contributed by atoms with Crippen LogP contribution in [0.5, 0.6) is 5.75 Å². The lowest BCUT2D eigenvalue weighted by atomic mass is 10.0. The first-order valence-electron chi connectivity index (χ1n) is 17.1. The summed E-state index contributed by atoms with van der Waals surface area (Å²) in [5.41, 5.74) is 11.7. The van der Waals surface area contributed by atoms with Gasteiger partial charge in [0.05, 0.1) is 12.5 Å². The highest BCUT2D eigenvalue weighted by atomic mass is 32.2. The molecule has 0 unspecified atom stereocenters. The van der Waals surface area contributed by atoms with Crippen molar-refractivity contribution in [2.24, 2.45) is 17.4 Å². The van der Waals surface area contributed by atoms with Gasteiger partial charge < -0.3 is 58.7 Å². The number of rotatable bonds is 25. The van der Waals surface area contributed by atoms with Gasteiger partial charge in [-0.1, -0.05) is 26.0 Å². The van der Waals surface area contributed by atoms with Gasteiger partial charge in [-0.25, -0.2) is 4.79 Å².